The molecule has 19 heavy (non-hydrogen) atoms. The van der Waals surface area contributed by atoms with Crippen LogP contribution in [-0.2, 0) is 0 Å². The summed E-state index contributed by atoms with van der Waals surface area (Å²) in [5.41, 5.74) is 6.89. The molecule has 0 saturated heterocycles. The van der Waals surface area contributed by atoms with E-state index in [0.717, 1.165) is 5.56 Å². The van der Waals surface area contributed by atoms with Gasteiger partial charge in [0.2, 0.25) is 0 Å². The van der Waals surface area contributed by atoms with Gasteiger partial charge in [0.25, 0.3) is 0 Å². The minimum absolute atomic E-state index is 0.0671. The van der Waals surface area contributed by atoms with Gasteiger partial charge in [-0.15, -0.1) is 0 Å². The van der Waals surface area contributed by atoms with Crippen LogP contribution in [0.5, 0.6) is 0 Å². The fourth-order valence-electron chi connectivity index (χ4n) is 2.02. The van der Waals surface area contributed by atoms with Gasteiger partial charge in [0.05, 0.1) is 11.1 Å². The van der Waals surface area contributed by atoms with Crippen molar-refractivity contribution in [1.82, 2.24) is 4.98 Å². The Labute approximate surface area is 115 Å². The molecule has 2 unspecified atom stereocenters. The van der Waals surface area contributed by atoms with Gasteiger partial charge in [-0.05, 0) is 23.8 Å². The van der Waals surface area contributed by atoms with Gasteiger partial charge in [-0.25, -0.2) is 4.39 Å². The number of rotatable bonds is 4. The SMILES string of the molecule is NCC(c1ccncc1)C(O)c1cccc(F)c1Cl. The first-order valence-corrected chi connectivity index (χ1v) is 6.25. The number of pyridine rings is 1. The number of hydrogen-bond donors (Lipinski definition) is 2. The first-order chi connectivity index (χ1) is 9.15. The molecule has 1 aromatic carbocycles. The summed E-state index contributed by atoms with van der Waals surface area (Å²) in [5, 5.41) is 10.3. The zero-order chi connectivity index (χ0) is 13.8. The van der Waals surface area contributed by atoms with E-state index in [0.29, 0.717) is 5.56 Å². The second kappa shape index (κ2) is 6.10. The number of aromatic nitrogens is 1. The Morgan fingerprint density at radius 1 is 1.26 bits per heavy atom. The lowest BCUT2D eigenvalue weighted by atomic mass is 9.90. The highest BCUT2D eigenvalue weighted by Gasteiger charge is 2.24. The van der Waals surface area contributed by atoms with E-state index in [2.05, 4.69) is 4.98 Å². The molecule has 3 N–H and O–H groups in total. The summed E-state index contributed by atoms with van der Waals surface area (Å²) in [5.74, 6) is -0.911. The predicted molar refractivity (Wildman–Crippen MR) is 72.4 cm³/mol. The Morgan fingerprint density at radius 3 is 2.58 bits per heavy atom. The van der Waals surface area contributed by atoms with Gasteiger partial charge in [0, 0.05) is 30.4 Å². The number of nitrogens with two attached hydrogens (primary N) is 1. The van der Waals surface area contributed by atoms with Crippen molar-refractivity contribution in [3.63, 3.8) is 0 Å². The number of aliphatic hydroxyl groups excluding tert-OH is 1. The van der Waals surface area contributed by atoms with Gasteiger partial charge < -0.3 is 10.8 Å². The third kappa shape index (κ3) is 2.92. The van der Waals surface area contributed by atoms with Crippen molar-refractivity contribution in [2.75, 3.05) is 6.54 Å². The van der Waals surface area contributed by atoms with Gasteiger partial charge in [0.1, 0.15) is 5.82 Å². The van der Waals surface area contributed by atoms with Crippen LogP contribution in [0.3, 0.4) is 0 Å². The van der Waals surface area contributed by atoms with Crippen molar-refractivity contribution in [1.29, 1.82) is 0 Å². The van der Waals surface area contributed by atoms with Crippen LogP contribution in [0.25, 0.3) is 0 Å². The van der Waals surface area contributed by atoms with Crippen molar-refractivity contribution < 1.29 is 9.50 Å². The Bertz CT molecular complexity index is 550. The second-order valence-corrected chi connectivity index (χ2v) is 4.59. The minimum Gasteiger partial charge on any atom is -0.388 e. The van der Waals surface area contributed by atoms with Crippen LogP contribution in [0.15, 0.2) is 42.7 Å². The van der Waals surface area contributed by atoms with Crippen molar-refractivity contribution in [2.45, 2.75) is 12.0 Å². The summed E-state index contributed by atoms with van der Waals surface area (Å²) in [7, 11) is 0. The molecule has 2 rings (SSSR count). The molecule has 0 aliphatic heterocycles. The Kier molecular flexibility index (Phi) is 4.47. The third-order valence-corrected chi connectivity index (χ3v) is 3.47. The fourth-order valence-corrected chi connectivity index (χ4v) is 2.26. The van der Waals surface area contributed by atoms with Crippen LogP contribution >= 0.6 is 11.6 Å². The number of nitrogens with zero attached hydrogens (tertiary/aromatic N) is 1. The number of aliphatic hydroxyl groups is 1. The quantitative estimate of drug-likeness (QED) is 0.905. The largest absolute Gasteiger partial charge is 0.388 e. The summed E-state index contributed by atoms with van der Waals surface area (Å²) in [6, 6.07) is 7.91. The smallest absolute Gasteiger partial charge is 0.142 e. The van der Waals surface area contributed by atoms with Crippen molar-refractivity contribution in [3.05, 3.63) is 64.7 Å². The van der Waals surface area contributed by atoms with E-state index in [1.54, 1.807) is 30.6 Å². The molecule has 100 valence electrons. The third-order valence-electron chi connectivity index (χ3n) is 3.07. The van der Waals surface area contributed by atoms with Gasteiger partial charge in [-0.3, -0.25) is 4.98 Å². The van der Waals surface area contributed by atoms with E-state index in [4.69, 9.17) is 17.3 Å². The topological polar surface area (TPSA) is 59.1 Å². The average molecular weight is 281 g/mol. The monoisotopic (exact) mass is 280 g/mol. The van der Waals surface area contributed by atoms with Crippen LogP contribution in [0.1, 0.15) is 23.1 Å². The lowest BCUT2D eigenvalue weighted by Crippen LogP contribution is -2.20. The van der Waals surface area contributed by atoms with E-state index in [1.807, 2.05) is 0 Å². The molecular formula is C14H14ClFN2O. The molecular weight excluding hydrogens is 267 g/mol. The summed E-state index contributed by atoms with van der Waals surface area (Å²) in [6.45, 7) is 0.220. The van der Waals surface area contributed by atoms with E-state index in [-0.39, 0.29) is 17.5 Å². The zero-order valence-corrected chi connectivity index (χ0v) is 10.9. The molecule has 0 aliphatic carbocycles. The van der Waals surface area contributed by atoms with E-state index in [9.17, 15) is 9.50 Å². The van der Waals surface area contributed by atoms with Gasteiger partial charge in [0.15, 0.2) is 0 Å². The fraction of sp³-hybridized carbons (Fsp3) is 0.214. The molecule has 0 spiro atoms. The normalized spacial score (nSPS) is 14.1. The highest BCUT2D eigenvalue weighted by molar-refractivity contribution is 6.31. The summed E-state index contributed by atoms with van der Waals surface area (Å²) in [6.07, 6.45) is 2.28. The molecule has 0 saturated carbocycles. The van der Waals surface area contributed by atoms with Crippen molar-refractivity contribution in [2.24, 2.45) is 5.73 Å². The molecule has 3 nitrogen and oxygen atoms in total. The van der Waals surface area contributed by atoms with E-state index in [1.165, 1.54) is 12.1 Å². The van der Waals surface area contributed by atoms with Gasteiger partial charge in [-0.2, -0.15) is 0 Å². The molecule has 0 fully saturated rings. The summed E-state index contributed by atoms with van der Waals surface area (Å²) >= 11 is 5.89. The van der Waals surface area contributed by atoms with E-state index < -0.39 is 11.9 Å². The number of benzene rings is 1. The first-order valence-electron chi connectivity index (χ1n) is 5.87. The Morgan fingerprint density at radius 2 is 1.95 bits per heavy atom. The zero-order valence-electron chi connectivity index (χ0n) is 10.1. The van der Waals surface area contributed by atoms with Crippen molar-refractivity contribution >= 4 is 11.6 Å². The Hall–Kier alpha value is -1.49. The van der Waals surface area contributed by atoms with Gasteiger partial charge in [-0.1, -0.05) is 23.7 Å². The van der Waals surface area contributed by atoms with E-state index >= 15 is 0 Å². The highest BCUT2D eigenvalue weighted by Crippen LogP contribution is 2.34. The first kappa shape index (κ1) is 13.9. The van der Waals surface area contributed by atoms with Crippen molar-refractivity contribution in [3.8, 4) is 0 Å². The maximum atomic E-state index is 13.4. The molecule has 5 heteroatoms. The molecule has 2 atom stereocenters. The summed E-state index contributed by atoms with van der Waals surface area (Å²) in [4.78, 5) is 3.92. The lowest BCUT2D eigenvalue weighted by Gasteiger charge is -2.23. The molecule has 0 radical (unpaired) electrons. The highest BCUT2D eigenvalue weighted by atomic mass is 35.5. The van der Waals surface area contributed by atoms with Crippen LogP contribution in [0, 0.1) is 5.82 Å². The number of halogens is 2. The summed E-state index contributed by atoms with van der Waals surface area (Å²) < 4.78 is 13.4. The van der Waals surface area contributed by atoms with Crippen LogP contribution in [0.2, 0.25) is 5.02 Å². The standard InChI is InChI=1S/C14H14ClFN2O/c15-13-10(2-1-3-12(13)16)14(19)11(8-17)9-4-6-18-7-5-9/h1-7,11,14,19H,8,17H2. The van der Waals surface area contributed by atoms with Crippen LogP contribution < -0.4 is 5.73 Å². The second-order valence-electron chi connectivity index (χ2n) is 4.21. The maximum Gasteiger partial charge on any atom is 0.142 e. The van der Waals surface area contributed by atoms with Gasteiger partial charge >= 0.3 is 0 Å². The number of hydrogen-bond acceptors (Lipinski definition) is 3. The van der Waals surface area contributed by atoms with Crippen LogP contribution in [0.4, 0.5) is 4.39 Å². The molecule has 2 aromatic rings. The Balaban J connectivity index is 2.36. The predicted octanol–water partition coefficient (Wildman–Crippen LogP) is 2.65. The van der Waals surface area contributed by atoms with Crippen LogP contribution in [-0.4, -0.2) is 16.6 Å². The molecule has 0 amide bonds. The average Bonchev–Trinajstić information content (AvgIpc) is 2.44. The molecule has 1 heterocycles. The minimum atomic E-state index is -0.962. The lowest BCUT2D eigenvalue weighted by molar-refractivity contribution is 0.147. The maximum absolute atomic E-state index is 13.4. The molecule has 1 aromatic heterocycles. The molecule has 0 bridgehead atoms. The molecule has 0 aliphatic rings.